The largest absolute Gasteiger partial charge is 0.496 e. The molecule has 2 amide bonds. The van der Waals surface area contributed by atoms with Crippen molar-refractivity contribution < 1.29 is 18.7 Å². The molecule has 0 bridgehead atoms. The molecule has 0 saturated heterocycles. The lowest BCUT2D eigenvalue weighted by atomic mass is 9.99. The number of carbonyl (C=O) groups is 2. The molecule has 32 heavy (non-hydrogen) atoms. The smallest absolute Gasteiger partial charge is 0.248 e. The maximum Gasteiger partial charge on any atom is 0.248 e. The molecular formula is C26H22N2O4. The Bertz CT molecular complexity index is 1320. The fraction of sp³-hybridized carbons (Fsp3) is 0.0769. The number of methoxy groups -OCH3 is 1. The second kappa shape index (κ2) is 8.81. The van der Waals surface area contributed by atoms with Gasteiger partial charge in [-0.2, -0.15) is 0 Å². The molecule has 0 aliphatic carbocycles. The number of fused-ring (bicyclic) bond motifs is 1. The number of furan rings is 1. The average Bonchev–Trinajstić information content (AvgIpc) is 3.22. The molecular weight excluding hydrogens is 404 g/mol. The van der Waals surface area contributed by atoms with Crippen LogP contribution in [0.25, 0.3) is 27.7 Å². The Labute approximate surface area is 185 Å². The van der Waals surface area contributed by atoms with Crippen molar-refractivity contribution in [3.63, 3.8) is 0 Å². The maximum atomic E-state index is 12.6. The van der Waals surface area contributed by atoms with Crippen LogP contribution in [-0.2, 0) is 4.79 Å². The lowest BCUT2D eigenvalue weighted by Crippen LogP contribution is -2.12. The first-order valence-corrected chi connectivity index (χ1v) is 10.0. The lowest BCUT2D eigenvalue weighted by Gasteiger charge is -2.10. The van der Waals surface area contributed by atoms with Gasteiger partial charge in [0.2, 0.25) is 11.8 Å². The van der Waals surface area contributed by atoms with Crippen molar-refractivity contribution in [3.05, 3.63) is 90.2 Å². The van der Waals surface area contributed by atoms with Crippen LogP contribution >= 0.6 is 0 Å². The van der Waals surface area contributed by atoms with Crippen LogP contribution in [0.4, 0.5) is 5.69 Å². The van der Waals surface area contributed by atoms with E-state index in [4.69, 9.17) is 14.9 Å². The van der Waals surface area contributed by atoms with E-state index in [9.17, 15) is 9.59 Å². The third-order valence-corrected chi connectivity index (χ3v) is 5.19. The van der Waals surface area contributed by atoms with Crippen molar-refractivity contribution in [2.24, 2.45) is 5.73 Å². The molecule has 0 radical (unpaired) electrons. The van der Waals surface area contributed by atoms with Crippen LogP contribution in [0.3, 0.4) is 0 Å². The van der Waals surface area contributed by atoms with Gasteiger partial charge in [-0.3, -0.25) is 9.59 Å². The topological polar surface area (TPSA) is 94.6 Å². The first-order valence-electron chi connectivity index (χ1n) is 10.0. The van der Waals surface area contributed by atoms with Crippen LogP contribution in [0.15, 0.2) is 83.5 Å². The molecule has 4 aromatic rings. The number of hydrogen-bond donors (Lipinski definition) is 2. The van der Waals surface area contributed by atoms with Crippen LogP contribution in [-0.4, -0.2) is 18.9 Å². The summed E-state index contributed by atoms with van der Waals surface area (Å²) in [5, 5.41) is 3.72. The van der Waals surface area contributed by atoms with Crippen molar-refractivity contribution in [1.29, 1.82) is 0 Å². The molecule has 6 nitrogen and oxygen atoms in total. The highest BCUT2D eigenvalue weighted by Gasteiger charge is 2.15. The van der Waals surface area contributed by atoms with Crippen LogP contribution in [0.2, 0.25) is 0 Å². The molecule has 3 N–H and O–H groups in total. The number of benzene rings is 3. The van der Waals surface area contributed by atoms with Gasteiger partial charge in [-0.1, -0.05) is 30.3 Å². The first-order chi connectivity index (χ1) is 15.5. The quantitative estimate of drug-likeness (QED) is 0.412. The molecule has 6 heteroatoms. The molecule has 0 spiro atoms. The Kier molecular flexibility index (Phi) is 5.77. The van der Waals surface area contributed by atoms with E-state index < -0.39 is 5.91 Å². The number of hydrogen-bond acceptors (Lipinski definition) is 4. The van der Waals surface area contributed by atoms with Gasteiger partial charge >= 0.3 is 0 Å². The van der Waals surface area contributed by atoms with E-state index in [-0.39, 0.29) is 5.91 Å². The number of rotatable bonds is 6. The van der Waals surface area contributed by atoms with E-state index in [0.717, 1.165) is 27.6 Å². The summed E-state index contributed by atoms with van der Waals surface area (Å²) in [4.78, 5) is 23.8. The number of carbonyl (C=O) groups excluding carboxylic acids is 2. The minimum atomic E-state index is -0.518. The van der Waals surface area contributed by atoms with Crippen LogP contribution < -0.4 is 15.8 Å². The molecule has 0 aliphatic heterocycles. The van der Waals surface area contributed by atoms with Crippen LogP contribution in [0, 0.1) is 0 Å². The van der Waals surface area contributed by atoms with Gasteiger partial charge in [0, 0.05) is 39.9 Å². The van der Waals surface area contributed by atoms with E-state index in [1.807, 2.05) is 49.4 Å². The highest BCUT2D eigenvalue weighted by Crippen LogP contribution is 2.37. The summed E-state index contributed by atoms with van der Waals surface area (Å²) in [5.74, 6) is -0.207. The van der Waals surface area contributed by atoms with E-state index in [1.165, 1.54) is 6.08 Å². The fourth-order valence-corrected chi connectivity index (χ4v) is 3.54. The highest BCUT2D eigenvalue weighted by molar-refractivity contribution is 6.05. The second-order valence-corrected chi connectivity index (χ2v) is 7.32. The first kappa shape index (κ1) is 20.9. The lowest BCUT2D eigenvalue weighted by molar-refractivity contribution is -0.111. The van der Waals surface area contributed by atoms with Gasteiger partial charge in [0.05, 0.1) is 13.4 Å². The molecule has 0 saturated carbocycles. The third-order valence-electron chi connectivity index (χ3n) is 5.19. The predicted octanol–water partition coefficient (Wildman–Crippen LogP) is 5.25. The Hall–Kier alpha value is -4.32. The number of allylic oxidation sites excluding steroid dienone is 1. The molecule has 4 rings (SSSR count). The minimum absolute atomic E-state index is 0.299. The Morgan fingerprint density at radius 1 is 1.03 bits per heavy atom. The molecule has 1 aromatic heterocycles. The van der Waals surface area contributed by atoms with Crippen LogP contribution in [0.1, 0.15) is 22.8 Å². The van der Waals surface area contributed by atoms with Gasteiger partial charge in [0.15, 0.2) is 0 Å². The fourth-order valence-electron chi connectivity index (χ4n) is 3.54. The maximum absolute atomic E-state index is 12.6. The predicted molar refractivity (Wildman–Crippen MR) is 125 cm³/mol. The Morgan fingerprint density at radius 3 is 2.41 bits per heavy atom. The highest BCUT2D eigenvalue weighted by atomic mass is 16.5. The molecule has 3 aromatic carbocycles. The average molecular weight is 426 g/mol. The summed E-state index contributed by atoms with van der Waals surface area (Å²) in [7, 11) is 1.58. The van der Waals surface area contributed by atoms with E-state index in [0.29, 0.717) is 22.6 Å². The SMILES string of the molecule is COc1cc2occ(-c3ccccc3)c2cc1/C(C)=C/C(=O)Nc1ccc(C(N)=O)cc1. The standard InChI is InChI=1S/C26H22N2O4/c1-16(12-25(29)28-19-10-8-18(9-11-19)26(27)30)20-13-21-22(17-6-4-3-5-7-17)15-32-24(21)14-23(20)31-2/h3-15H,1-2H3,(H2,27,30)(H,28,29)/b16-12+. The minimum Gasteiger partial charge on any atom is -0.496 e. The van der Waals surface area contributed by atoms with Gasteiger partial charge < -0.3 is 20.2 Å². The second-order valence-electron chi connectivity index (χ2n) is 7.32. The Morgan fingerprint density at radius 2 is 1.75 bits per heavy atom. The number of anilines is 1. The van der Waals surface area contributed by atoms with E-state index in [1.54, 1.807) is 37.6 Å². The number of nitrogens with two attached hydrogens (primary N) is 1. The molecule has 0 atom stereocenters. The zero-order chi connectivity index (χ0) is 22.7. The van der Waals surface area contributed by atoms with Gasteiger partial charge in [-0.25, -0.2) is 0 Å². The zero-order valence-electron chi connectivity index (χ0n) is 17.7. The van der Waals surface area contributed by atoms with Gasteiger partial charge in [0.25, 0.3) is 0 Å². The summed E-state index contributed by atoms with van der Waals surface area (Å²) in [6, 6.07) is 20.2. The molecule has 1 heterocycles. The van der Waals surface area contributed by atoms with E-state index >= 15 is 0 Å². The van der Waals surface area contributed by atoms with Gasteiger partial charge in [-0.15, -0.1) is 0 Å². The summed E-state index contributed by atoms with van der Waals surface area (Å²) in [5.41, 5.74) is 10.4. The number of amides is 2. The summed E-state index contributed by atoms with van der Waals surface area (Å²) >= 11 is 0. The summed E-state index contributed by atoms with van der Waals surface area (Å²) in [6.45, 7) is 1.85. The van der Waals surface area contributed by atoms with Crippen molar-refractivity contribution >= 4 is 34.0 Å². The molecule has 0 fully saturated rings. The van der Waals surface area contributed by atoms with Crippen molar-refractivity contribution in [2.45, 2.75) is 6.92 Å². The van der Waals surface area contributed by atoms with Crippen LogP contribution in [0.5, 0.6) is 5.75 Å². The van der Waals surface area contributed by atoms with E-state index in [2.05, 4.69) is 5.32 Å². The van der Waals surface area contributed by atoms with Crippen molar-refractivity contribution in [2.75, 3.05) is 12.4 Å². The zero-order valence-corrected chi connectivity index (χ0v) is 17.7. The number of nitrogens with one attached hydrogen (secondary N) is 1. The monoisotopic (exact) mass is 426 g/mol. The third kappa shape index (κ3) is 4.25. The van der Waals surface area contributed by atoms with Gasteiger partial charge in [0.1, 0.15) is 11.3 Å². The normalized spacial score (nSPS) is 11.4. The summed E-state index contributed by atoms with van der Waals surface area (Å²) < 4.78 is 11.3. The molecule has 0 aliphatic rings. The van der Waals surface area contributed by atoms with Crippen molar-refractivity contribution in [3.8, 4) is 16.9 Å². The van der Waals surface area contributed by atoms with Crippen molar-refractivity contribution in [1.82, 2.24) is 0 Å². The van der Waals surface area contributed by atoms with Gasteiger partial charge in [-0.05, 0) is 48.4 Å². The number of primary amides is 1. The molecule has 160 valence electrons. The summed E-state index contributed by atoms with van der Waals surface area (Å²) in [6.07, 6.45) is 3.23. The molecule has 0 unspecified atom stereocenters. The Balaban J connectivity index is 1.65. The number of ether oxygens (including phenoxy) is 1.